The van der Waals surface area contributed by atoms with Crippen LogP contribution in [-0.2, 0) is 0 Å². The van der Waals surface area contributed by atoms with Gasteiger partial charge in [0.25, 0.3) is 0 Å². The molecule has 0 spiro atoms. The Hall–Kier alpha value is 0.0300. The van der Waals surface area contributed by atoms with Crippen LogP contribution in [0.1, 0.15) is 31.0 Å². The van der Waals surface area contributed by atoms with Crippen molar-refractivity contribution in [2.45, 2.75) is 25.3 Å². The van der Waals surface area contributed by atoms with Crippen LogP contribution in [0.5, 0.6) is 0 Å². The molecular weight excluding hydrogens is 322 g/mol. The zero-order chi connectivity index (χ0) is 10.8. The number of hydrazine groups is 1. The summed E-state index contributed by atoms with van der Waals surface area (Å²) in [5.41, 5.74) is 3.88. The maximum absolute atomic E-state index is 5.60. The first kappa shape index (κ1) is 11.5. The smallest absolute Gasteiger partial charge is 0.0732 e. The molecule has 1 heterocycles. The Morgan fingerprint density at radius 2 is 2.20 bits per heavy atom. The van der Waals surface area contributed by atoms with Crippen molar-refractivity contribution in [3.8, 4) is 0 Å². The standard InChI is InChI=1S/C10H13Br2N3/c11-7-4-8(12)10(14-5-7)9(15-13)6-2-1-3-6/h4-6,9,15H,1-3,13H2. The number of pyridine rings is 1. The Morgan fingerprint density at radius 1 is 1.47 bits per heavy atom. The van der Waals surface area contributed by atoms with Crippen LogP contribution in [0, 0.1) is 5.92 Å². The SMILES string of the molecule is NNC(c1ncc(Br)cc1Br)C1CCC1. The zero-order valence-electron chi connectivity index (χ0n) is 8.21. The number of nitrogens with one attached hydrogen (secondary N) is 1. The molecule has 1 aliphatic carbocycles. The third-order valence-electron chi connectivity index (χ3n) is 2.93. The van der Waals surface area contributed by atoms with E-state index in [0.29, 0.717) is 5.92 Å². The summed E-state index contributed by atoms with van der Waals surface area (Å²) in [7, 11) is 0. The van der Waals surface area contributed by atoms with E-state index in [0.717, 1.165) is 14.6 Å². The fourth-order valence-corrected chi connectivity index (χ4v) is 3.10. The predicted octanol–water partition coefficient (Wildman–Crippen LogP) is 2.91. The van der Waals surface area contributed by atoms with Crippen molar-refractivity contribution < 1.29 is 0 Å². The second-order valence-corrected chi connectivity index (χ2v) is 5.63. The minimum atomic E-state index is 0.168. The summed E-state index contributed by atoms with van der Waals surface area (Å²) in [4.78, 5) is 4.42. The van der Waals surface area contributed by atoms with E-state index in [-0.39, 0.29) is 6.04 Å². The summed E-state index contributed by atoms with van der Waals surface area (Å²) >= 11 is 6.91. The molecule has 2 rings (SSSR count). The number of hydrogen-bond acceptors (Lipinski definition) is 3. The number of aromatic nitrogens is 1. The van der Waals surface area contributed by atoms with Crippen LogP contribution in [0.3, 0.4) is 0 Å². The summed E-state index contributed by atoms with van der Waals surface area (Å²) in [6.45, 7) is 0. The van der Waals surface area contributed by atoms with E-state index in [1.165, 1.54) is 19.3 Å². The lowest BCUT2D eigenvalue weighted by atomic mass is 9.78. The molecule has 15 heavy (non-hydrogen) atoms. The third kappa shape index (κ3) is 2.41. The van der Waals surface area contributed by atoms with Crippen LogP contribution < -0.4 is 11.3 Å². The van der Waals surface area contributed by atoms with Crippen molar-refractivity contribution in [1.29, 1.82) is 0 Å². The topological polar surface area (TPSA) is 50.9 Å². The van der Waals surface area contributed by atoms with E-state index in [2.05, 4.69) is 42.3 Å². The molecule has 3 N–H and O–H groups in total. The fourth-order valence-electron chi connectivity index (χ4n) is 1.87. The molecule has 0 radical (unpaired) electrons. The van der Waals surface area contributed by atoms with Gasteiger partial charge in [-0.1, -0.05) is 6.42 Å². The highest BCUT2D eigenvalue weighted by Gasteiger charge is 2.29. The maximum atomic E-state index is 5.60. The van der Waals surface area contributed by atoms with E-state index in [9.17, 15) is 0 Å². The number of nitrogens with zero attached hydrogens (tertiary/aromatic N) is 1. The minimum Gasteiger partial charge on any atom is -0.271 e. The van der Waals surface area contributed by atoms with Crippen LogP contribution in [0.4, 0.5) is 0 Å². The van der Waals surface area contributed by atoms with Gasteiger partial charge in [0, 0.05) is 15.1 Å². The normalized spacial score (nSPS) is 18.6. The van der Waals surface area contributed by atoms with Gasteiger partial charge in [-0.15, -0.1) is 0 Å². The molecule has 0 saturated heterocycles. The predicted molar refractivity (Wildman–Crippen MR) is 67.0 cm³/mol. The van der Waals surface area contributed by atoms with E-state index in [1.54, 1.807) is 0 Å². The molecule has 1 fully saturated rings. The molecule has 1 saturated carbocycles. The molecule has 82 valence electrons. The molecule has 0 aromatic carbocycles. The van der Waals surface area contributed by atoms with Crippen LogP contribution >= 0.6 is 31.9 Å². The van der Waals surface area contributed by atoms with Crippen LogP contribution in [0.15, 0.2) is 21.2 Å². The first-order valence-corrected chi connectivity index (χ1v) is 6.58. The lowest BCUT2D eigenvalue weighted by Crippen LogP contribution is -2.37. The number of hydrogen-bond donors (Lipinski definition) is 2. The Kier molecular flexibility index (Phi) is 3.77. The van der Waals surface area contributed by atoms with Crippen molar-refractivity contribution in [1.82, 2.24) is 10.4 Å². The molecule has 1 unspecified atom stereocenters. The van der Waals surface area contributed by atoms with Gasteiger partial charge in [-0.25, -0.2) is 0 Å². The van der Waals surface area contributed by atoms with Crippen molar-refractivity contribution in [2.24, 2.45) is 11.8 Å². The Labute approximate surface area is 106 Å². The van der Waals surface area contributed by atoms with Gasteiger partial charge in [-0.05, 0) is 56.7 Å². The molecule has 3 nitrogen and oxygen atoms in total. The van der Waals surface area contributed by atoms with Gasteiger partial charge in [-0.2, -0.15) is 0 Å². The average Bonchev–Trinajstić information content (AvgIpc) is 2.12. The quantitative estimate of drug-likeness (QED) is 0.660. The molecule has 5 heteroatoms. The van der Waals surface area contributed by atoms with E-state index in [4.69, 9.17) is 5.84 Å². The summed E-state index contributed by atoms with van der Waals surface area (Å²) in [6.07, 6.45) is 5.58. The lowest BCUT2D eigenvalue weighted by molar-refractivity contribution is 0.228. The molecular formula is C10H13Br2N3. The largest absolute Gasteiger partial charge is 0.271 e. The van der Waals surface area contributed by atoms with Crippen LogP contribution in [0.2, 0.25) is 0 Å². The van der Waals surface area contributed by atoms with Crippen LogP contribution in [-0.4, -0.2) is 4.98 Å². The highest BCUT2D eigenvalue weighted by Crippen LogP contribution is 2.38. The molecule has 1 aliphatic rings. The first-order chi connectivity index (χ1) is 7.22. The lowest BCUT2D eigenvalue weighted by Gasteiger charge is -2.33. The molecule has 0 amide bonds. The Bertz CT molecular complexity index is 353. The van der Waals surface area contributed by atoms with Crippen molar-refractivity contribution >= 4 is 31.9 Å². The molecule has 1 aromatic heterocycles. The maximum Gasteiger partial charge on any atom is 0.0732 e. The number of halogens is 2. The van der Waals surface area contributed by atoms with Gasteiger partial charge in [0.15, 0.2) is 0 Å². The van der Waals surface area contributed by atoms with Gasteiger partial charge in [-0.3, -0.25) is 16.3 Å². The van der Waals surface area contributed by atoms with Crippen LogP contribution in [0.25, 0.3) is 0 Å². The van der Waals surface area contributed by atoms with Crippen molar-refractivity contribution in [2.75, 3.05) is 0 Å². The number of nitrogens with two attached hydrogens (primary N) is 1. The van der Waals surface area contributed by atoms with E-state index >= 15 is 0 Å². The molecule has 0 bridgehead atoms. The molecule has 1 aromatic rings. The second-order valence-electron chi connectivity index (χ2n) is 3.86. The van der Waals surface area contributed by atoms with Gasteiger partial charge in [0.05, 0.1) is 11.7 Å². The van der Waals surface area contributed by atoms with Gasteiger partial charge >= 0.3 is 0 Å². The highest BCUT2D eigenvalue weighted by molar-refractivity contribution is 9.11. The van der Waals surface area contributed by atoms with Gasteiger partial charge in [0.2, 0.25) is 0 Å². The molecule has 0 aliphatic heterocycles. The Morgan fingerprint density at radius 3 is 2.67 bits per heavy atom. The highest BCUT2D eigenvalue weighted by atomic mass is 79.9. The zero-order valence-corrected chi connectivity index (χ0v) is 11.4. The van der Waals surface area contributed by atoms with Crippen molar-refractivity contribution in [3.05, 3.63) is 26.9 Å². The first-order valence-electron chi connectivity index (χ1n) is 4.99. The third-order valence-corrected chi connectivity index (χ3v) is 4.00. The van der Waals surface area contributed by atoms with E-state index in [1.807, 2.05) is 12.3 Å². The summed E-state index contributed by atoms with van der Waals surface area (Å²) in [5.74, 6) is 6.22. The van der Waals surface area contributed by atoms with Gasteiger partial charge < -0.3 is 0 Å². The monoisotopic (exact) mass is 333 g/mol. The molecule has 1 atom stereocenters. The minimum absolute atomic E-state index is 0.168. The van der Waals surface area contributed by atoms with Crippen molar-refractivity contribution in [3.63, 3.8) is 0 Å². The summed E-state index contributed by atoms with van der Waals surface area (Å²) in [6, 6.07) is 2.17. The van der Waals surface area contributed by atoms with Gasteiger partial charge in [0.1, 0.15) is 0 Å². The second kappa shape index (κ2) is 4.91. The van der Waals surface area contributed by atoms with E-state index < -0.39 is 0 Å². The summed E-state index contributed by atoms with van der Waals surface area (Å²) < 4.78 is 1.98. The number of rotatable bonds is 3. The summed E-state index contributed by atoms with van der Waals surface area (Å²) in [5, 5.41) is 0. The average molecular weight is 335 g/mol. The fraction of sp³-hybridized carbons (Fsp3) is 0.500. The Balaban J connectivity index is 2.25.